The van der Waals surface area contributed by atoms with Gasteiger partial charge in [0.05, 0.1) is 11.3 Å². The third-order valence-electron chi connectivity index (χ3n) is 2.98. The van der Waals surface area contributed by atoms with Crippen LogP contribution in [0.2, 0.25) is 0 Å². The number of aromatic carboxylic acids is 1. The second-order valence-electron chi connectivity index (χ2n) is 4.35. The fourth-order valence-corrected chi connectivity index (χ4v) is 1.86. The van der Waals surface area contributed by atoms with Crippen molar-refractivity contribution in [3.05, 3.63) is 46.3 Å². The molecule has 0 aliphatic heterocycles. The van der Waals surface area contributed by atoms with E-state index in [2.05, 4.69) is 5.16 Å². The molecule has 2 aromatic rings. The first-order valence-electron chi connectivity index (χ1n) is 5.88. The van der Waals surface area contributed by atoms with E-state index in [1.165, 1.54) is 6.07 Å². The molecule has 1 aromatic heterocycles. The molecular formula is C14H15NO4. The van der Waals surface area contributed by atoms with E-state index in [1.54, 1.807) is 13.0 Å². The van der Waals surface area contributed by atoms with Gasteiger partial charge in [-0.3, -0.25) is 0 Å². The highest BCUT2D eigenvalue weighted by Crippen LogP contribution is 2.25. The number of hydrogen-bond donors (Lipinski definition) is 1. The molecule has 0 aliphatic rings. The second kappa shape index (κ2) is 5.14. The van der Waals surface area contributed by atoms with E-state index >= 15 is 0 Å². The largest absolute Gasteiger partial charge is 0.488 e. The van der Waals surface area contributed by atoms with Gasteiger partial charge in [0.15, 0.2) is 0 Å². The van der Waals surface area contributed by atoms with Crippen LogP contribution in [0.1, 0.15) is 32.9 Å². The number of hydrogen-bond acceptors (Lipinski definition) is 4. The van der Waals surface area contributed by atoms with Gasteiger partial charge in [-0.15, -0.1) is 0 Å². The average molecular weight is 261 g/mol. The molecule has 0 spiro atoms. The summed E-state index contributed by atoms with van der Waals surface area (Å²) in [4.78, 5) is 11.2. The molecule has 1 heterocycles. The number of carboxylic acid groups (broad SMARTS) is 1. The van der Waals surface area contributed by atoms with Gasteiger partial charge in [-0.05, 0) is 32.4 Å². The minimum atomic E-state index is -1.00. The van der Waals surface area contributed by atoms with Gasteiger partial charge in [-0.2, -0.15) is 0 Å². The Hall–Kier alpha value is -2.30. The van der Waals surface area contributed by atoms with Crippen molar-refractivity contribution in [2.24, 2.45) is 0 Å². The van der Waals surface area contributed by atoms with E-state index in [0.717, 1.165) is 16.8 Å². The molecule has 2 rings (SSSR count). The molecular weight excluding hydrogens is 246 g/mol. The molecule has 0 unspecified atom stereocenters. The van der Waals surface area contributed by atoms with Crippen molar-refractivity contribution in [2.45, 2.75) is 27.4 Å². The van der Waals surface area contributed by atoms with Crippen LogP contribution in [0.4, 0.5) is 0 Å². The smallest absolute Gasteiger partial charge is 0.339 e. The first-order chi connectivity index (χ1) is 9.00. The minimum Gasteiger partial charge on any atom is -0.488 e. The van der Waals surface area contributed by atoms with Gasteiger partial charge in [-0.25, -0.2) is 4.79 Å². The SMILES string of the molecule is Cc1cccc(C(=O)O)c1OCc1c(C)noc1C. The van der Waals surface area contributed by atoms with E-state index in [1.807, 2.05) is 19.9 Å². The Morgan fingerprint density at radius 2 is 2.11 bits per heavy atom. The zero-order valence-electron chi connectivity index (χ0n) is 11.1. The van der Waals surface area contributed by atoms with Crippen molar-refractivity contribution < 1.29 is 19.2 Å². The predicted octanol–water partition coefficient (Wildman–Crippen LogP) is 2.88. The highest BCUT2D eigenvalue weighted by molar-refractivity contribution is 5.91. The lowest BCUT2D eigenvalue weighted by molar-refractivity contribution is 0.0691. The van der Waals surface area contributed by atoms with Crippen LogP contribution in [-0.2, 0) is 6.61 Å². The molecule has 1 N–H and O–H groups in total. The third kappa shape index (κ3) is 2.59. The summed E-state index contributed by atoms with van der Waals surface area (Å²) in [6.45, 7) is 5.68. The number of carbonyl (C=O) groups is 1. The standard InChI is InChI=1S/C14H15NO4/c1-8-5-4-6-11(14(16)17)13(8)18-7-12-9(2)15-19-10(12)3/h4-6H,7H2,1-3H3,(H,16,17). The maximum absolute atomic E-state index is 11.2. The summed E-state index contributed by atoms with van der Waals surface area (Å²) in [6, 6.07) is 5.04. The Kier molecular flexibility index (Phi) is 3.55. The van der Waals surface area contributed by atoms with Crippen molar-refractivity contribution in [2.75, 3.05) is 0 Å². The third-order valence-corrected chi connectivity index (χ3v) is 2.98. The normalized spacial score (nSPS) is 10.5. The van der Waals surface area contributed by atoms with E-state index in [-0.39, 0.29) is 12.2 Å². The maximum atomic E-state index is 11.2. The van der Waals surface area contributed by atoms with Gasteiger partial charge in [0.1, 0.15) is 23.7 Å². The van der Waals surface area contributed by atoms with Gasteiger partial charge < -0.3 is 14.4 Å². The van der Waals surface area contributed by atoms with Crippen LogP contribution in [-0.4, -0.2) is 16.2 Å². The van der Waals surface area contributed by atoms with E-state index in [0.29, 0.717) is 11.5 Å². The summed E-state index contributed by atoms with van der Waals surface area (Å²) < 4.78 is 10.7. The Balaban J connectivity index is 2.27. The Morgan fingerprint density at radius 3 is 2.68 bits per heavy atom. The van der Waals surface area contributed by atoms with Crippen LogP contribution >= 0.6 is 0 Å². The first kappa shape index (κ1) is 13.1. The van der Waals surface area contributed by atoms with Crippen molar-refractivity contribution in [3.8, 4) is 5.75 Å². The molecule has 100 valence electrons. The van der Waals surface area contributed by atoms with Crippen LogP contribution in [0.25, 0.3) is 0 Å². The topological polar surface area (TPSA) is 72.6 Å². The van der Waals surface area contributed by atoms with Crippen LogP contribution < -0.4 is 4.74 Å². The van der Waals surface area contributed by atoms with Crippen molar-refractivity contribution in [3.63, 3.8) is 0 Å². The van der Waals surface area contributed by atoms with Crippen molar-refractivity contribution in [1.29, 1.82) is 0 Å². The first-order valence-corrected chi connectivity index (χ1v) is 5.88. The zero-order chi connectivity index (χ0) is 14.0. The van der Waals surface area contributed by atoms with Gasteiger partial charge in [0.2, 0.25) is 0 Å². The van der Waals surface area contributed by atoms with Gasteiger partial charge in [0.25, 0.3) is 0 Å². The van der Waals surface area contributed by atoms with Crippen LogP contribution in [0.3, 0.4) is 0 Å². The van der Waals surface area contributed by atoms with Crippen LogP contribution in [0.15, 0.2) is 22.7 Å². The summed E-state index contributed by atoms with van der Waals surface area (Å²) in [5.41, 5.74) is 2.54. The fraction of sp³-hybridized carbons (Fsp3) is 0.286. The number of ether oxygens (including phenoxy) is 1. The molecule has 0 radical (unpaired) electrons. The Morgan fingerprint density at radius 1 is 1.37 bits per heavy atom. The van der Waals surface area contributed by atoms with E-state index in [4.69, 9.17) is 14.4 Å². The summed E-state index contributed by atoms with van der Waals surface area (Å²) >= 11 is 0. The molecule has 0 saturated heterocycles. The molecule has 19 heavy (non-hydrogen) atoms. The van der Waals surface area contributed by atoms with Gasteiger partial charge >= 0.3 is 5.97 Å². The molecule has 0 amide bonds. The fourth-order valence-electron chi connectivity index (χ4n) is 1.86. The van der Waals surface area contributed by atoms with Crippen molar-refractivity contribution >= 4 is 5.97 Å². The van der Waals surface area contributed by atoms with E-state index in [9.17, 15) is 4.79 Å². The number of nitrogens with zero attached hydrogens (tertiary/aromatic N) is 1. The summed E-state index contributed by atoms with van der Waals surface area (Å²) in [5, 5.41) is 13.0. The second-order valence-corrected chi connectivity index (χ2v) is 4.35. The zero-order valence-corrected chi connectivity index (χ0v) is 11.1. The number of para-hydroxylation sites is 1. The molecule has 1 aromatic carbocycles. The highest BCUT2D eigenvalue weighted by atomic mass is 16.5. The Bertz CT molecular complexity index is 596. The molecule has 0 saturated carbocycles. The quantitative estimate of drug-likeness (QED) is 0.916. The molecule has 5 heteroatoms. The summed E-state index contributed by atoms with van der Waals surface area (Å²) in [5.74, 6) is 0.0652. The van der Waals surface area contributed by atoms with Gasteiger partial charge in [-0.1, -0.05) is 17.3 Å². The number of benzene rings is 1. The monoisotopic (exact) mass is 261 g/mol. The van der Waals surface area contributed by atoms with E-state index < -0.39 is 5.97 Å². The summed E-state index contributed by atoms with van der Waals surface area (Å²) in [7, 11) is 0. The van der Waals surface area contributed by atoms with Gasteiger partial charge in [0, 0.05) is 0 Å². The molecule has 0 bridgehead atoms. The lowest BCUT2D eigenvalue weighted by atomic mass is 10.1. The molecule has 0 atom stereocenters. The minimum absolute atomic E-state index is 0.159. The lowest BCUT2D eigenvalue weighted by Gasteiger charge is -2.11. The number of carboxylic acids is 1. The lowest BCUT2D eigenvalue weighted by Crippen LogP contribution is -2.05. The summed E-state index contributed by atoms with van der Waals surface area (Å²) in [6.07, 6.45) is 0. The molecule has 0 aliphatic carbocycles. The van der Waals surface area contributed by atoms with Crippen molar-refractivity contribution in [1.82, 2.24) is 5.16 Å². The Labute approximate surface area is 110 Å². The van der Waals surface area contributed by atoms with Crippen LogP contribution in [0.5, 0.6) is 5.75 Å². The number of aromatic nitrogens is 1. The molecule has 5 nitrogen and oxygen atoms in total. The van der Waals surface area contributed by atoms with Crippen LogP contribution in [0, 0.1) is 20.8 Å². The maximum Gasteiger partial charge on any atom is 0.339 e. The number of aryl methyl sites for hydroxylation is 3. The highest BCUT2D eigenvalue weighted by Gasteiger charge is 2.15. The predicted molar refractivity (Wildman–Crippen MR) is 68.4 cm³/mol. The average Bonchev–Trinajstić information content (AvgIpc) is 2.67. The number of rotatable bonds is 4. The molecule has 0 fully saturated rings.